The van der Waals surface area contributed by atoms with Gasteiger partial charge >= 0.3 is 5.97 Å². The van der Waals surface area contributed by atoms with E-state index in [0.29, 0.717) is 5.92 Å². The van der Waals surface area contributed by atoms with Gasteiger partial charge in [-0.25, -0.2) is 0 Å². The summed E-state index contributed by atoms with van der Waals surface area (Å²) in [4.78, 5) is 15.7. The third-order valence-corrected chi connectivity index (χ3v) is 4.36. The SMILES string of the molecule is CCC1CCC(CCc2cccnc2)(C(=O)O)C1. The first kappa shape index (κ1) is 13.1. The van der Waals surface area contributed by atoms with E-state index in [2.05, 4.69) is 11.9 Å². The minimum absolute atomic E-state index is 0.490. The Morgan fingerprint density at radius 2 is 2.44 bits per heavy atom. The minimum atomic E-state index is -0.609. The molecule has 98 valence electrons. The van der Waals surface area contributed by atoms with E-state index in [1.54, 1.807) is 6.20 Å². The first-order valence-electron chi connectivity index (χ1n) is 6.78. The molecule has 3 heteroatoms. The number of hydrogen-bond donors (Lipinski definition) is 1. The van der Waals surface area contributed by atoms with Gasteiger partial charge in [0.2, 0.25) is 0 Å². The van der Waals surface area contributed by atoms with Crippen molar-refractivity contribution in [3.8, 4) is 0 Å². The van der Waals surface area contributed by atoms with Crippen LogP contribution < -0.4 is 0 Å². The highest BCUT2D eigenvalue weighted by molar-refractivity contribution is 5.75. The van der Waals surface area contributed by atoms with Crippen LogP contribution in [0.1, 0.15) is 44.6 Å². The summed E-state index contributed by atoms with van der Waals surface area (Å²) < 4.78 is 0. The average Bonchev–Trinajstić information content (AvgIpc) is 2.83. The molecule has 2 unspecified atom stereocenters. The van der Waals surface area contributed by atoms with Gasteiger partial charge in [-0.3, -0.25) is 9.78 Å². The van der Waals surface area contributed by atoms with E-state index in [0.717, 1.165) is 44.1 Å². The summed E-state index contributed by atoms with van der Waals surface area (Å²) in [6.45, 7) is 2.16. The Bertz CT molecular complexity index is 404. The molecule has 0 spiro atoms. The second-order valence-corrected chi connectivity index (χ2v) is 5.46. The number of nitrogens with zero attached hydrogens (tertiary/aromatic N) is 1. The molecule has 1 saturated carbocycles. The van der Waals surface area contributed by atoms with Crippen LogP contribution in [0.2, 0.25) is 0 Å². The van der Waals surface area contributed by atoms with E-state index in [-0.39, 0.29) is 0 Å². The first-order valence-corrected chi connectivity index (χ1v) is 6.78. The summed E-state index contributed by atoms with van der Waals surface area (Å²) in [6.07, 6.45) is 8.99. The lowest BCUT2D eigenvalue weighted by Crippen LogP contribution is -2.29. The lowest BCUT2D eigenvalue weighted by Gasteiger charge is -2.24. The normalized spacial score (nSPS) is 27.3. The fourth-order valence-electron chi connectivity index (χ4n) is 3.04. The molecule has 2 atom stereocenters. The maximum Gasteiger partial charge on any atom is 0.309 e. The molecular formula is C15H21NO2. The zero-order valence-corrected chi connectivity index (χ0v) is 10.9. The number of aromatic nitrogens is 1. The molecule has 0 saturated heterocycles. The molecule has 0 radical (unpaired) electrons. The van der Waals surface area contributed by atoms with E-state index in [1.165, 1.54) is 0 Å². The molecule has 18 heavy (non-hydrogen) atoms. The first-order chi connectivity index (χ1) is 8.66. The van der Waals surface area contributed by atoms with Crippen molar-refractivity contribution in [3.05, 3.63) is 30.1 Å². The lowest BCUT2D eigenvalue weighted by atomic mass is 9.79. The van der Waals surface area contributed by atoms with Crippen molar-refractivity contribution in [2.24, 2.45) is 11.3 Å². The minimum Gasteiger partial charge on any atom is -0.481 e. The van der Waals surface area contributed by atoms with Crippen LogP contribution in [0.5, 0.6) is 0 Å². The van der Waals surface area contributed by atoms with Crippen molar-refractivity contribution >= 4 is 5.97 Å². The van der Waals surface area contributed by atoms with Gasteiger partial charge in [-0.1, -0.05) is 19.4 Å². The summed E-state index contributed by atoms with van der Waals surface area (Å²) in [5.74, 6) is -0.0164. The van der Waals surface area contributed by atoms with Crippen molar-refractivity contribution in [2.45, 2.75) is 45.4 Å². The largest absolute Gasteiger partial charge is 0.481 e. The zero-order valence-electron chi connectivity index (χ0n) is 10.9. The number of carboxylic acid groups (broad SMARTS) is 1. The highest BCUT2D eigenvalue weighted by Gasteiger charge is 2.44. The second kappa shape index (κ2) is 5.51. The number of aryl methyl sites for hydroxylation is 1. The van der Waals surface area contributed by atoms with Crippen LogP contribution in [-0.4, -0.2) is 16.1 Å². The molecule has 1 aromatic rings. The van der Waals surface area contributed by atoms with Crippen molar-refractivity contribution in [1.29, 1.82) is 0 Å². The van der Waals surface area contributed by atoms with Gasteiger partial charge in [0.05, 0.1) is 5.41 Å². The third kappa shape index (κ3) is 2.71. The highest BCUT2D eigenvalue weighted by Crippen LogP contribution is 2.46. The van der Waals surface area contributed by atoms with E-state index in [4.69, 9.17) is 0 Å². The molecule has 1 heterocycles. The van der Waals surface area contributed by atoms with Gasteiger partial charge in [0.1, 0.15) is 0 Å². The van der Waals surface area contributed by atoms with Gasteiger partial charge in [0, 0.05) is 12.4 Å². The molecule has 0 aliphatic heterocycles. The van der Waals surface area contributed by atoms with Crippen LogP contribution in [0.3, 0.4) is 0 Å². The average molecular weight is 247 g/mol. The number of aliphatic carboxylic acids is 1. The van der Waals surface area contributed by atoms with Gasteiger partial charge in [-0.15, -0.1) is 0 Å². The Balaban J connectivity index is 2.02. The maximum absolute atomic E-state index is 11.6. The number of hydrogen-bond acceptors (Lipinski definition) is 2. The van der Waals surface area contributed by atoms with Gasteiger partial charge in [-0.2, -0.15) is 0 Å². The lowest BCUT2D eigenvalue weighted by molar-refractivity contribution is -0.149. The van der Waals surface area contributed by atoms with Gasteiger partial charge in [0.15, 0.2) is 0 Å². The summed E-state index contributed by atoms with van der Waals surface area (Å²) in [5, 5.41) is 9.54. The molecule has 1 fully saturated rings. The standard InChI is InChI=1S/C15H21NO2/c1-2-12-5-7-15(10-12,14(17)18)8-6-13-4-3-9-16-11-13/h3-4,9,11-12H,2,5-8,10H2,1H3,(H,17,18). The van der Waals surface area contributed by atoms with Crippen molar-refractivity contribution in [2.75, 3.05) is 0 Å². The van der Waals surface area contributed by atoms with Crippen LogP contribution in [0.25, 0.3) is 0 Å². The van der Waals surface area contributed by atoms with Crippen molar-refractivity contribution < 1.29 is 9.90 Å². The van der Waals surface area contributed by atoms with Crippen LogP contribution in [-0.2, 0) is 11.2 Å². The van der Waals surface area contributed by atoms with Gasteiger partial charge < -0.3 is 5.11 Å². The monoisotopic (exact) mass is 247 g/mol. The zero-order chi connectivity index (χ0) is 13.0. The summed E-state index contributed by atoms with van der Waals surface area (Å²) in [6, 6.07) is 3.93. The Morgan fingerprint density at radius 1 is 1.61 bits per heavy atom. The Kier molecular flexibility index (Phi) is 4.00. The van der Waals surface area contributed by atoms with Crippen LogP contribution in [0.4, 0.5) is 0 Å². The van der Waals surface area contributed by atoms with Gasteiger partial charge in [0.25, 0.3) is 0 Å². The third-order valence-electron chi connectivity index (χ3n) is 4.36. The van der Waals surface area contributed by atoms with Crippen LogP contribution >= 0.6 is 0 Å². The molecule has 0 amide bonds. The number of pyridine rings is 1. The smallest absolute Gasteiger partial charge is 0.309 e. The van der Waals surface area contributed by atoms with Crippen molar-refractivity contribution in [3.63, 3.8) is 0 Å². The van der Waals surface area contributed by atoms with Crippen LogP contribution in [0.15, 0.2) is 24.5 Å². The summed E-state index contributed by atoms with van der Waals surface area (Å²) >= 11 is 0. The predicted molar refractivity (Wildman–Crippen MR) is 70.3 cm³/mol. The number of carbonyl (C=O) groups is 1. The predicted octanol–water partition coefficient (Wildman–Crippen LogP) is 3.30. The fourth-order valence-corrected chi connectivity index (χ4v) is 3.04. The summed E-state index contributed by atoms with van der Waals surface area (Å²) in [5.41, 5.74) is 0.648. The van der Waals surface area contributed by atoms with E-state index >= 15 is 0 Å². The fraction of sp³-hybridized carbons (Fsp3) is 0.600. The van der Waals surface area contributed by atoms with Crippen LogP contribution in [0, 0.1) is 11.3 Å². The number of carboxylic acids is 1. The quantitative estimate of drug-likeness (QED) is 0.868. The Hall–Kier alpha value is -1.38. The topological polar surface area (TPSA) is 50.2 Å². The van der Waals surface area contributed by atoms with E-state index in [9.17, 15) is 9.90 Å². The number of rotatable bonds is 5. The van der Waals surface area contributed by atoms with Gasteiger partial charge in [-0.05, 0) is 49.7 Å². The Labute approximate surface area is 108 Å². The Morgan fingerprint density at radius 3 is 3.00 bits per heavy atom. The second-order valence-electron chi connectivity index (χ2n) is 5.46. The molecule has 2 rings (SSSR count). The van der Waals surface area contributed by atoms with E-state index < -0.39 is 11.4 Å². The molecule has 0 aromatic carbocycles. The molecule has 3 nitrogen and oxygen atoms in total. The molecule has 1 aliphatic carbocycles. The molecule has 1 N–H and O–H groups in total. The van der Waals surface area contributed by atoms with Crippen molar-refractivity contribution in [1.82, 2.24) is 4.98 Å². The van der Waals surface area contributed by atoms with E-state index in [1.807, 2.05) is 18.3 Å². The molecule has 1 aliphatic rings. The summed E-state index contributed by atoms with van der Waals surface area (Å²) in [7, 11) is 0. The molecular weight excluding hydrogens is 226 g/mol. The highest BCUT2D eigenvalue weighted by atomic mass is 16.4. The molecule has 1 aromatic heterocycles. The molecule has 0 bridgehead atoms. The maximum atomic E-state index is 11.6.